The normalized spacial score (nSPS) is 18.2. The zero-order chi connectivity index (χ0) is 11.5. The van der Waals surface area contributed by atoms with E-state index in [4.69, 9.17) is 0 Å². The second-order valence-electron chi connectivity index (χ2n) is 4.55. The van der Waals surface area contributed by atoms with Crippen LogP contribution in [0.2, 0.25) is 0 Å². The van der Waals surface area contributed by atoms with Crippen molar-refractivity contribution < 1.29 is 4.39 Å². The Labute approximate surface area is 105 Å². The minimum absolute atomic E-state index is 0.192. The van der Waals surface area contributed by atoms with Gasteiger partial charge in [-0.3, -0.25) is 0 Å². The van der Waals surface area contributed by atoms with Gasteiger partial charge in [-0.15, -0.1) is 0 Å². The first-order chi connectivity index (χ1) is 7.70. The molecule has 0 amide bonds. The van der Waals surface area contributed by atoms with Gasteiger partial charge in [-0.1, -0.05) is 25.3 Å². The molecule has 1 N–H and O–H groups in total. The number of hydrogen-bond donors (Lipinski definition) is 1. The fourth-order valence-electron chi connectivity index (χ4n) is 2.21. The Morgan fingerprint density at radius 3 is 2.75 bits per heavy atom. The van der Waals surface area contributed by atoms with Gasteiger partial charge in [0.1, 0.15) is 5.82 Å². The van der Waals surface area contributed by atoms with Crippen molar-refractivity contribution in [3.8, 4) is 0 Å². The molecule has 1 saturated carbocycles. The van der Waals surface area contributed by atoms with Crippen LogP contribution in [0.3, 0.4) is 0 Å². The first-order valence-corrected chi connectivity index (χ1v) is 6.62. The predicted molar refractivity (Wildman–Crippen MR) is 67.9 cm³/mol. The standard InChI is InChI=1S/C13H17BrFN/c1-16-13(7-9-3-2-4-9)10-5-6-12(15)11(14)8-10/h5-6,8-9,13,16H,2-4,7H2,1H3. The number of nitrogens with one attached hydrogen (secondary N) is 1. The van der Waals surface area contributed by atoms with Gasteiger partial charge in [0.05, 0.1) is 4.47 Å². The van der Waals surface area contributed by atoms with Crippen LogP contribution >= 0.6 is 15.9 Å². The molecule has 16 heavy (non-hydrogen) atoms. The highest BCUT2D eigenvalue weighted by atomic mass is 79.9. The van der Waals surface area contributed by atoms with E-state index >= 15 is 0 Å². The maximum Gasteiger partial charge on any atom is 0.137 e. The van der Waals surface area contributed by atoms with E-state index in [0.29, 0.717) is 10.5 Å². The molecule has 1 aliphatic carbocycles. The van der Waals surface area contributed by atoms with E-state index < -0.39 is 0 Å². The second kappa shape index (κ2) is 5.28. The van der Waals surface area contributed by atoms with Crippen molar-refractivity contribution >= 4 is 15.9 Å². The van der Waals surface area contributed by atoms with Gasteiger partial charge in [-0.2, -0.15) is 0 Å². The molecule has 0 heterocycles. The zero-order valence-electron chi connectivity index (χ0n) is 9.47. The first-order valence-electron chi connectivity index (χ1n) is 5.83. The average Bonchev–Trinajstić information content (AvgIpc) is 2.21. The van der Waals surface area contributed by atoms with Crippen molar-refractivity contribution in [3.63, 3.8) is 0 Å². The molecule has 1 aliphatic rings. The SMILES string of the molecule is CNC(CC1CCC1)c1ccc(F)c(Br)c1. The molecular weight excluding hydrogens is 269 g/mol. The highest BCUT2D eigenvalue weighted by molar-refractivity contribution is 9.10. The smallest absolute Gasteiger partial charge is 0.137 e. The van der Waals surface area contributed by atoms with Gasteiger partial charge in [0, 0.05) is 6.04 Å². The van der Waals surface area contributed by atoms with Crippen molar-refractivity contribution in [2.45, 2.75) is 31.7 Å². The fraction of sp³-hybridized carbons (Fsp3) is 0.538. The van der Waals surface area contributed by atoms with Crippen LogP contribution in [0.5, 0.6) is 0 Å². The molecule has 0 saturated heterocycles. The van der Waals surface area contributed by atoms with Crippen molar-refractivity contribution in [1.29, 1.82) is 0 Å². The van der Waals surface area contributed by atoms with Gasteiger partial charge in [0.2, 0.25) is 0 Å². The van der Waals surface area contributed by atoms with E-state index in [0.717, 1.165) is 12.3 Å². The van der Waals surface area contributed by atoms with Gasteiger partial charge in [-0.25, -0.2) is 4.39 Å². The summed E-state index contributed by atoms with van der Waals surface area (Å²) in [6, 6.07) is 5.64. The van der Waals surface area contributed by atoms with E-state index in [2.05, 4.69) is 21.2 Å². The molecule has 88 valence electrons. The van der Waals surface area contributed by atoms with Crippen LogP contribution in [-0.4, -0.2) is 7.05 Å². The monoisotopic (exact) mass is 285 g/mol. The van der Waals surface area contributed by atoms with Crippen LogP contribution in [-0.2, 0) is 0 Å². The molecule has 1 atom stereocenters. The Balaban J connectivity index is 2.09. The van der Waals surface area contributed by atoms with Crippen LogP contribution in [0, 0.1) is 11.7 Å². The lowest BCUT2D eigenvalue weighted by Crippen LogP contribution is -2.23. The predicted octanol–water partition coefficient (Wildman–Crippen LogP) is 4.04. The first kappa shape index (κ1) is 12.1. The molecule has 1 aromatic rings. The molecule has 0 radical (unpaired) electrons. The number of benzene rings is 1. The number of halogens is 2. The Bertz CT molecular complexity index is 363. The molecule has 3 heteroatoms. The van der Waals surface area contributed by atoms with Gasteiger partial charge < -0.3 is 5.32 Å². The highest BCUT2D eigenvalue weighted by Crippen LogP contribution is 2.35. The average molecular weight is 286 g/mol. The Kier molecular flexibility index (Phi) is 3.98. The molecule has 1 fully saturated rings. The summed E-state index contributed by atoms with van der Waals surface area (Å²) >= 11 is 3.24. The van der Waals surface area contributed by atoms with E-state index in [1.807, 2.05) is 19.2 Å². The summed E-state index contributed by atoms with van der Waals surface area (Å²) in [5.41, 5.74) is 1.17. The fourth-order valence-corrected chi connectivity index (χ4v) is 2.61. The third-order valence-corrected chi connectivity index (χ3v) is 4.10. The summed E-state index contributed by atoms with van der Waals surface area (Å²) in [4.78, 5) is 0. The summed E-state index contributed by atoms with van der Waals surface area (Å²) in [5.74, 6) is 0.656. The Morgan fingerprint density at radius 2 is 2.25 bits per heavy atom. The molecular formula is C13H17BrFN. The number of rotatable bonds is 4. The van der Waals surface area contributed by atoms with Gasteiger partial charge in [0.15, 0.2) is 0 Å². The van der Waals surface area contributed by atoms with Crippen molar-refractivity contribution in [2.24, 2.45) is 5.92 Å². The summed E-state index contributed by atoms with van der Waals surface area (Å²) in [6.07, 6.45) is 5.23. The summed E-state index contributed by atoms with van der Waals surface area (Å²) in [6.45, 7) is 0. The quantitative estimate of drug-likeness (QED) is 0.881. The van der Waals surface area contributed by atoms with Crippen LogP contribution in [0.15, 0.2) is 22.7 Å². The largest absolute Gasteiger partial charge is 0.313 e. The summed E-state index contributed by atoms with van der Waals surface area (Å²) in [5, 5.41) is 3.32. The summed E-state index contributed by atoms with van der Waals surface area (Å²) < 4.78 is 13.7. The maximum atomic E-state index is 13.1. The van der Waals surface area contributed by atoms with Crippen molar-refractivity contribution in [2.75, 3.05) is 7.05 Å². The molecule has 1 nitrogen and oxygen atoms in total. The molecule has 1 unspecified atom stereocenters. The summed E-state index contributed by atoms with van der Waals surface area (Å²) in [7, 11) is 1.97. The topological polar surface area (TPSA) is 12.0 Å². The van der Waals surface area contributed by atoms with Crippen LogP contribution in [0.4, 0.5) is 4.39 Å². The van der Waals surface area contributed by atoms with Crippen molar-refractivity contribution in [3.05, 3.63) is 34.1 Å². The molecule has 0 bridgehead atoms. The van der Waals surface area contributed by atoms with E-state index in [-0.39, 0.29) is 5.82 Å². The van der Waals surface area contributed by atoms with Crippen LogP contribution < -0.4 is 5.32 Å². The molecule has 1 aromatic carbocycles. The van der Waals surface area contributed by atoms with Crippen molar-refractivity contribution in [1.82, 2.24) is 5.32 Å². The highest BCUT2D eigenvalue weighted by Gasteiger charge is 2.22. The number of hydrogen-bond acceptors (Lipinski definition) is 1. The Morgan fingerprint density at radius 1 is 1.50 bits per heavy atom. The van der Waals surface area contributed by atoms with Gasteiger partial charge in [0.25, 0.3) is 0 Å². The molecule has 2 rings (SSSR count). The van der Waals surface area contributed by atoms with Crippen LogP contribution in [0.25, 0.3) is 0 Å². The lowest BCUT2D eigenvalue weighted by Gasteiger charge is -2.29. The molecule has 0 aromatic heterocycles. The maximum absolute atomic E-state index is 13.1. The van der Waals surface area contributed by atoms with Crippen LogP contribution in [0.1, 0.15) is 37.3 Å². The minimum atomic E-state index is -0.192. The van der Waals surface area contributed by atoms with E-state index in [1.54, 1.807) is 0 Å². The third-order valence-electron chi connectivity index (χ3n) is 3.49. The minimum Gasteiger partial charge on any atom is -0.313 e. The zero-order valence-corrected chi connectivity index (χ0v) is 11.1. The van der Waals surface area contributed by atoms with E-state index in [1.165, 1.54) is 30.9 Å². The van der Waals surface area contributed by atoms with Gasteiger partial charge in [-0.05, 0) is 53.0 Å². The molecule has 0 spiro atoms. The van der Waals surface area contributed by atoms with Gasteiger partial charge >= 0.3 is 0 Å². The Hall–Kier alpha value is -0.410. The third kappa shape index (κ3) is 2.64. The lowest BCUT2D eigenvalue weighted by atomic mass is 9.79. The lowest BCUT2D eigenvalue weighted by molar-refractivity contribution is 0.265. The second-order valence-corrected chi connectivity index (χ2v) is 5.40. The molecule has 0 aliphatic heterocycles. The van der Waals surface area contributed by atoms with E-state index in [9.17, 15) is 4.39 Å².